The summed E-state index contributed by atoms with van der Waals surface area (Å²) in [6, 6.07) is 2.90. The summed E-state index contributed by atoms with van der Waals surface area (Å²) in [5.41, 5.74) is 0.743. The second-order valence-corrected chi connectivity index (χ2v) is 4.81. The van der Waals surface area contributed by atoms with Crippen molar-refractivity contribution in [1.29, 1.82) is 0 Å². The Morgan fingerprint density at radius 2 is 1.86 bits per heavy atom. The number of ether oxygens (including phenoxy) is 3. The average molecular weight is 293 g/mol. The Morgan fingerprint density at radius 3 is 2.43 bits per heavy atom. The lowest BCUT2D eigenvalue weighted by molar-refractivity contribution is -0.526. The molecule has 0 bridgehead atoms. The molecule has 0 unspecified atom stereocenters. The zero-order chi connectivity index (χ0) is 15.4. The third kappa shape index (κ3) is 2.79. The van der Waals surface area contributed by atoms with Crippen molar-refractivity contribution >= 4 is 0 Å². The minimum Gasteiger partial charge on any atom is -0.493 e. The van der Waals surface area contributed by atoms with Crippen molar-refractivity contribution in [2.75, 3.05) is 21.3 Å². The molecule has 0 fully saturated rings. The summed E-state index contributed by atoms with van der Waals surface area (Å²) in [5, 5.41) is 11.3. The van der Waals surface area contributed by atoms with Gasteiger partial charge >= 0.3 is 0 Å². The molecule has 1 aliphatic carbocycles. The van der Waals surface area contributed by atoms with Gasteiger partial charge in [-0.05, 0) is 12.5 Å². The van der Waals surface area contributed by atoms with E-state index in [2.05, 4.69) is 0 Å². The molecule has 0 saturated heterocycles. The summed E-state index contributed by atoms with van der Waals surface area (Å²) in [6.45, 7) is 0. The van der Waals surface area contributed by atoms with Gasteiger partial charge in [0.2, 0.25) is 11.8 Å². The molecule has 0 radical (unpaired) electrons. The van der Waals surface area contributed by atoms with E-state index >= 15 is 0 Å². The summed E-state index contributed by atoms with van der Waals surface area (Å²) in [5.74, 6) is 1.15. The fraction of sp³-hybridized carbons (Fsp3) is 0.467. The van der Waals surface area contributed by atoms with Gasteiger partial charge in [0.15, 0.2) is 11.5 Å². The molecule has 21 heavy (non-hydrogen) atoms. The van der Waals surface area contributed by atoms with Gasteiger partial charge in [0, 0.05) is 16.9 Å². The highest BCUT2D eigenvalue weighted by Gasteiger charge is 2.35. The zero-order valence-electron chi connectivity index (χ0n) is 12.4. The van der Waals surface area contributed by atoms with E-state index < -0.39 is 6.04 Å². The molecule has 0 amide bonds. The number of allylic oxidation sites excluding steroid dienone is 1. The molecule has 6 nitrogen and oxygen atoms in total. The average Bonchev–Trinajstić information content (AvgIpc) is 2.53. The highest BCUT2D eigenvalue weighted by atomic mass is 16.6. The highest BCUT2D eigenvalue weighted by molar-refractivity contribution is 5.57. The van der Waals surface area contributed by atoms with Crippen LogP contribution in [0.4, 0.5) is 0 Å². The van der Waals surface area contributed by atoms with Gasteiger partial charge in [0.05, 0.1) is 27.2 Å². The van der Waals surface area contributed by atoms with Crippen LogP contribution in [0.15, 0.2) is 24.3 Å². The first kappa shape index (κ1) is 15.2. The molecule has 0 saturated carbocycles. The SMILES string of the molecule is COc1ccc([C@@H]2C=CCC[C@H]2[N+](=O)[O-])c(OC)c1OC. The standard InChI is InChI=1S/C15H19NO5/c1-19-13-9-8-11(14(20-2)15(13)21-3)10-6-4-5-7-12(10)16(17)18/h4,6,8-10,12H,5,7H2,1-3H3/t10-,12+/m0/s1. The van der Waals surface area contributed by atoms with Crippen LogP contribution in [0.5, 0.6) is 17.2 Å². The maximum atomic E-state index is 11.3. The Morgan fingerprint density at radius 1 is 1.14 bits per heavy atom. The largest absolute Gasteiger partial charge is 0.493 e. The summed E-state index contributed by atoms with van der Waals surface area (Å²) >= 11 is 0. The molecule has 1 aliphatic rings. The number of hydrogen-bond donors (Lipinski definition) is 0. The van der Waals surface area contributed by atoms with E-state index in [1.165, 1.54) is 21.3 Å². The minimum atomic E-state index is -0.651. The van der Waals surface area contributed by atoms with Gasteiger partial charge in [-0.15, -0.1) is 0 Å². The minimum absolute atomic E-state index is 0.218. The molecule has 0 N–H and O–H groups in total. The van der Waals surface area contributed by atoms with Crippen LogP contribution in [0.1, 0.15) is 24.3 Å². The van der Waals surface area contributed by atoms with Crippen molar-refractivity contribution < 1.29 is 19.1 Å². The maximum absolute atomic E-state index is 11.3. The smallest absolute Gasteiger partial charge is 0.223 e. The van der Waals surface area contributed by atoms with E-state index in [1.54, 1.807) is 12.1 Å². The van der Waals surface area contributed by atoms with Crippen LogP contribution in [-0.2, 0) is 0 Å². The number of hydrogen-bond acceptors (Lipinski definition) is 5. The van der Waals surface area contributed by atoms with Crippen molar-refractivity contribution in [3.05, 3.63) is 40.0 Å². The summed E-state index contributed by atoms with van der Waals surface area (Å²) in [6.07, 6.45) is 5.09. The molecule has 1 aromatic rings. The van der Waals surface area contributed by atoms with Crippen molar-refractivity contribution in [2.24, 2.45) is 0 Å². The second kappa shape index (κ2) is 6.47. The molecular formula is C15H19NO5. The van der Waals surface area contributed by atoms with Crippen LogP contribution < -0.4 is 14.2 Å². The van der Waals surface area contributed by atoms with E-state index in [9.17, 15) is 10.1 Å². The zero-order valence-corrected chi connectivity index (χ0v) is 12.4. The third-order valence-electron chi connectivity index (χ3n) is 3.75. The summed E-state index contributed by atoms with van der Waals surface area (Å²) in [7, 11) is 4.58. The predicted octanol–water partition coefficient (Wildman–Crippen LogP) is 2.79. The van der Waals surface area contributed by atoms with Crippen molar-refractivity contribution in [3.8, 4) is 17.2 Å². The van der Waals surface area contributed by atoms with E-state index in [0.717, 1.165) is 12.0 Å². The lowest BCUT2D eigenvalue weighted by Crippen LogP contribution is -2.28. The van der Waals surface area contributed by atoms with E-state index in [4.69, 9.17) is 14.2 Å². The fourth-order valence-corrected chi connectivity index (χ4v) is 2.75. The summed E-state index contributed by atoms with van der Waals surface area (Å²) in [4.78, 5) is 11.1. The molecular weight excluding hydrogens is 274 g/mol. The Kier molecular flexibility index (Phi) is 4.67. The first-order valence-corrected chi connectivity index (χ1v) is 6.73. The molecule has 0 aromatic heterocycles. The first-order chi connectivity index (χ1) is 10.1. The monoisotopic (exact) mass is 293 g/mol. The van der Waals surface area contributed by atoms with Crippen LogP contribution in [0.25, 0.3) is 0 Å². The third-order valence-corrected chi connectivity index (χ3v) is 3.75. The lowest BCUT2D eigenvalue weighted by atomic mass is 9.84. The molecule has 2 atom stereocenters. The quantitative estimate of drug-likeness (QED) is 0.474. The van der Waals surface area contributed by atoms with Crippen LogP contribution in [0, 0.1) is 10.1 Å². The van der Waals surface area contributed by atoms with E-state index in [-0.39, 0.29) is 10.8 Å². The van der Waals surface area contributed by atoms with Gasteiger partial charge < -0.3 is 14.2 Å². The van der Waals surface area contributed by atoms with Crippen LogP contribution >= 0.6 is 0 Å². The first-order valence-electron chi connectivity index (χ1n) is 6.73. The second-order valence-electron chi connectivity index (χ2n) is 4.81. The van der Waals surface area contributed by atoms with Gasteiger partial charge in [-0.1, -0.05) is 18.2 Å². The van der Waals surface area contributed by atoms with Gasteiger partial charge in [-0.3, -0.25) is 10.1 Å². The fourth-order valence-electron chi connectivity index (χ4n) is 2.75. The maximum Gasteiger partial charge on any atom is 0.223 e. The van der Waals surface area contributed by atoms with Gasteiger partial charge in [-0.2, -0.15) is 0 Å². The van der Waals surface area contributed by atoms with Crippen LogP contribution in [0.2, 0.25) is 0 Å². The lowest BCUT2D eigenvalue weighted by Gasteiger charge is -2.24. The van der Waals surface area contributed by atoms with Gasteiger partial charge in [0.25, 0.3) is 0 Å². The van der Waals surface area contributed by atoms with Crippen LogP contribution in [-0.4, -0.2) is 32.3 Å². The normalized spacial score (nSPS) is 20.9. The summed E-state index contributed by atoms with van der Waals surface area (Å²) < 4.78 is 16.0. The van der Waals surface area contributed by atoms with Crippen molar-refractivity contribution in [3.63, 3.8) is 0 Å². The molecule has 114 valence electrons. The Bertz CT molecular complexity index is 555. The number of nitrogens with zero attached hydrogens (tertiary/aromatic N) is 1. The topological polar surface area (TPSA) is 70.8 Å². The molecule has 1 aromatic carbocycles. The van der Waals surface area contributed by atoms with Gasteiger partial charge in [-0.25, -0.2) is 0 Å². The molecule has 6 heteroatoms. The highest BCUT2D eigenvalue weighted by Crippen LogP contribution is 2.45. The van der Waals surface area contributed by atoms with Gasteiger partial charge in [0.1, 0.15) is 0 Å². The van der Waals surface area contributed by atoms with E-state index in [0.29, 0.717) is 23.7 Å². The number of nitro groups is 1. The number of methoxy groups -OCH3 is 3. The van der Waals surface area contributed by atoms with Crippen molar-refractivity contribution in [2.45, 2.75) is 24.8 Å². The molecule has 2 rings (SSSR count). The van der Waals surface area contributed by atoms with Crippen LogP contribution in [0.3, 0.4) is 0 Å². The Labute approximate surface area is 123 Å². The Hall–Kier alpha value is -2.24. The molecule has 0 aliphatic heterocycles. The Balaban J connectivity index is 2.54. The molecule has 0 spiro atoms. The van der Waals surface area contributed by atoms with Crippen molar-refractivity contribution in [1.82, 2.24) is 0 Å². The van der Waals surface area contributed by atoms with E-state index in [1.807, 2.05) is 12.2 Å². The molecule has 0 heterocycles. The predicted molar refractivity (Wildman–Crippen MR) is 78.0 cm³/mol. The number of rotatable bonds is 5. The number of benzene rings is 1.